The molecule has 0 spiro atoms. The summed E-state index contributed by atoms with van der Waals surface area (Å²) in [5.41, 5.74) is 0.321. The van der Waals surface area contributed by atoms with E-state index in [2.05, 4.69) is 0 Å². The van der Waals surface area contributed by atoms with Gasteiger partial charge < -0.3 is 4.90 Å². The highest BCUT2D eigenvalue weighted by Crippen LogP contribution is 2.34. The fourth-order valence-corrected chi connectivity index (χ4v) is 1.74. The first-order valence-electron chi connectivity index (χ1n) is 5.23. The summed E-state index contributed by atoms with van der Waals surface area (Å²) in [5, 5.41) is 10.8. The van der Waals surface area contributed by atoms with Gasteiger partial charge in [-0.15, -0.1) is 0 Å². The molecule has 1 fully saturated rings. The summed E-state index contributed by atoms with van der Waals surface area (Å²) in [4.78, 5) is 12.1. The van der Waals surface area contributed by atoms with E-state index in [9.17, 15) is 14.5 Å². The molecule has 1 aromatic rings. The van der Waals surface area contributed by atoms with Gasteiger partial charge in [-0.2, -0.15) is 0 Å². The first-order chi connectivity index (χ1) is 7.58. The van der Waals surface area contributed by atoms with Crippen molar-refractivity contribution in [2.45, 2.75) is 12.8 Å². The Balaban J connectivity index is 2.27. The molecule has 0 unspecified atom stereocenters. The van der Waals surface area contributed by atoms with Crippen molar-refractivity contribution in [2.75, 3.05) is 18.5 Å². The van der Waals surface area contributed by atoms with Crippen molar-refractivity contribution in [3.05, 3.63) is 34.1 Å². The lowest BCUT2D eigenvalue weighted by molar-refractivity contribution is -0.384. The zero-order valence-corrected chi connectivity index (χ0v) is 9.02. The van der Waals surface area contributed by atoms with Crippen LogP contribution < -0.4 is 4.90 Å². The van der Waals surface area contributed by atoms with E-state index >= 15 is 0 Å². The largest absolute Gasteiger partial charge is 0.369 e. The van der Waals surface area contributed by atoms with E-state index in [4.69, 9.17) is 0 Å². The lowest BCUT2D eigenvalue weighted by atomic mass is 10.2. The lowest BCUT2D eigenvalue weighted by Crippen LogP contribution is -2.21. The predicted molar refractivity (Wildman–Crippen MR) is 59.0 cm³/mol. The summed E-state index contributed by atoms with van der Waals surface area (Å²) in [6.45, 7) is 0.754. The van der Waals surface area contributed by atoms with E-state index in [-0.39, 0.29) is 5.69 Å². The lowest BCUT2D eigenvalue weighted by Gasteiger charge is -2.18. The SMILES string of the molecule is CN(CC1CC1)c1cc(F)ccc1[N+](=O)[O-]. The van der Waals surface area contributed by atoms with Crippen LogP contribution in [0.15, 0.2) is 18.2 Å². The minimum atomic E-state index is -0.474. The fourth-order valence-electron chi connectivity index (χ4n) is 1.74. The number of nitro benzene ring substituents is 1. The van der Waals surface area contributed by atoms with Gasteiger partial charge in [0, 0.05) is 25.7 Å². The molecule has 0 amide bonds. The number of hydrogen-bond donors (Lipinski definition) is 0. The summed E-state index contributed by atoms with van der Waals surface area (Å²) in [6.07, 6.45) is 2.32. The third-order valence-corrected chi connectivity index (χ3v) is 2.77. The molecule has 0 atom stereocenters. The van der Waals surface area contributed by atoms with E-state index in [1.54, 1.807) is 11.9 Å². The Bertz CT molecular complexity index is 418. The molecular weight excluding hydrogens is 211 g/mol. The predicted octanol–water partition coefficient (Wildman–Crippen LogP) is 2.58. The van der Waals surface area contributed by atoms with Gasteiger partial charge in [-0.25, -0.2) is 4.39 Å². The van der Waals surface area contributed by atoms with Crippen molar-refractivity contribution < 1.29 is 9.31 Å². The second-order valence-electron chi connectivity index (χ2n) is 4.21. The Kier molecular flexibility index (Phi) is 2.77. The molecule has 0 bridgehead atoms. The molecular formula is C11H13FN2O2. The summed E-state index contributed by atoms with van der Waals surface area (Å²) in [5.74, 6) is 0.163. The molecule has 1 aliphatic carbocycles. The van der Waals surface area contributed by atoms with Crippen LogP contribution in [0, 0.1) is 21.8 Å². The molecule has 86 valence electrons. The highest BCUT2D eigenvalue weighted by Gasteiger charge is 2.26. The Hall–Kier alpha value is -1.65. The number of halogens is 1. The van der Waals surface area contributed by atoms with E-state index in [0.29, 0.717) is 11.6 Å². The zero-order chi connectivity index (χ0) is 11.7. The molecule has 4 nitrogen and oxygen atoms in total. The first kappa shape index (κ1) is 10.9. The van der Waals surface area contributed by atoms with Gasteiger partial charge in [0.2, 0.25) is 0 Å². The molecule has 1 saturated carbocycles. The normalized spacial score (nSPS) is 14.9. The topological polar surface area (TPSA) is 46.4 Å². The monoisotopic (exact) mass is 224 g/mol. The minimum absolute atomic E-state index is 0.0375. The number of anilines is 1. The number of nitrogens with zero attached hydrogens (tertiary/aromatic N) is 2. The van der Waals surface area contributed by atoms with Crippen molar-refractivity contribution in [1.29, 1.82) is 0 Å². The molecule has 0 N–H and O–H groups in total. The van der Waals surface area contributed by atoms with Gasteiger partial charge in [-0.05, 0) is 24.8 Å². The van der Waals surface area contributed by atoms with Gasteiger partial charge in [0.1, 0.15) is 11.5 Å². The Morgan fingerprint density at radius 1 is 1.56 bits per heavy atom. The first-order valence-corrected chi connectivity index (χ1v) is 5.23. The summed E-state index contributed by atoms with van der Waals surface area (Å²) in [6, 6.07) is 3.56. The van der Waals surface area contributed by atoms with Crippen LogP contribution in [0.2, 0.25) is 0 Å². The van der Waals surface area contributed by atoms with Crippen molar-refractivity contribution in [1.82, 2.24) is 0 Å². The van der Waals surface area contributed by atoms with Crippen LogP contribution in [0.5, 0.6) is 0 Å². The molecule has 0 aliphatic heterocycles. The summed E-state index contributed by atoms with van der Waals surface area (Å²) in [7, 11) is 1.76. The van der Waals surface area contributed by atoms with Crippen LogP contribution in [0.3, 0.4) is 0 Å². The van der Waals surface area contributed by atoms with Crippen LogP contribution >= 0.6 is 0 Å². The summed E-state index contributed by atoms with van der Waals surface area (Å²) < 4.78 is 13.1. The molecule has 0 saturated heterocycles. The van der Waals surface area contributed by atoms with Crippen LogP contribution in [0.1, 0.15) is 12.8 Å². The molecule has 16 heavy (non-hydrogen) atoms. The fraction of sp³-hybridized carbons (Fsp3) is 0.455. The second-order valence-corrected chi connectivity index (χ2v) is 4.21. The van der Waals surface area contributed by atoms with E-state index in [1.807, 2.05) is 0 Å². The molecule has 0 aromatic heterocycles. The molecule has 0 radical (unpaired) electrons. The van der Waals surface area contributed by atoms with Crippen molar-refractivity contribution in [3.8, 4) is 0 Å². The van der Waals surface area contributed by atoms with Crippen LogP contribution in [-0.2, 0) is 0 Å². The molecule has 5 heteroatoms. The number of hydrogen-bond acceptors (Lipinski definition) is 3. The van der Waals surface area contributed by atoms with Gasteiger partial charge in [0.15, 0.2) is 0 Å². The van der Waals surface area contributed by atoms with Crippen molar-refractivity contribution in [3.63, 3.8) is 0 Å². The average Bonchev–Trinajstić information content (AvgIpc) is 3.01. The third-order valence-electron chi connectivity index (χ3n) is 2.77. The maximum absolute atomic E-state index is 13.1. The standard InChI is InChI=1S/C11H13FN2O2/c1-13(7-8-2-3-8)11-6-9(12)4-5-10(11)14(15)16/h4-6,8H,2-3,7H2,1H3. The smallest absolute Gasteiger partial charge is 0.292 e. The maximum Gasteiger partial charge on any atom is 0.292 e. The minimum Gasteiger partial charge on any atom is -0.369 e. The quantitative estimate of drug-likeness (QED) is 0.583. The van der Waals surface area contributed by atoms with E-state index in [0.717, 1.165) is 25.5 Å². The molecule has 2 rings (SSSR count). The van der Waals surface area contributed by atoms with Crippen LogP contribution in [-0.4, -0.2) is 18.5 Å². The molecule has 0 heterocycles. The zero-order valence-electron chi connectivity index (χ0n) is 9.02. The summed E-state index contributed by atoms with van der Waals surface area (Å²) >= 11 is 0. The van der Waals surface area contributed by atoms with Gasteiger partial charge in [0.25, 0.3) is 5.69 Å². The van der Waals surface area contributed by atoms with Gasteiger partial charge in [-0.3, -0.25) is 10.1 Å². The van der Waals surface area contributed by atoms with Crippen LogP contribution in [0.4, 0.5) is 15.8 Å². The van der Waals surface area contributed by atoms with Crippen LogP contribution in [0.25, 0.3) is 0 Å². The van der Waals surface area contributed by atoms with E-state index in [1.165, 1.54) is 12.1 Å². The Morgan fingerprint density at radius 2 is 2.25 bits per heavy atom. The number of benzene rings is 1. The number of nitro groups is 1. The van der Waals surface area contributed by atoms with Crippen molar-refractivity contribution >= 4 is 11.4 Å². The van der Waals surface area contributed by atoms with Crippen molar-refractivity contribution in [2.24, 2.45) is 5.92 Å². The maximum atomic E-state index is 13.1. The second kappa shape index (κ2) is 4.08. The van der Waals surface area contributed by atoms with E-state index < -0.39 is 10.7 Å². The van der Waals surface area contributed by atoms with Gasteiger partial charge in [-0.1, -0.05) is 0 Å². The average molecular weight is 224 g/mol. The number of rotatable bonds is 4. The van der Waals surface area contributed by atoms with Gasteiger partial charge >= 0.3 is 0 Å². The Labute approximate surface area is 92.8 Å². The molecule has 1 aromatic carbocycles. The highest BCUT2D eigenvalue weighted by atomic mass is 19.1. The highest BCUT2D eigenvalue weighted by molar-refractivity contribution is 5.62. The Morgan fingerprint density at radius 3 is 2.81 bits per heavy atom. The third kappa shape index (κ3) is 2.29. The molecule has 1 aliphatic rings. The van der Waals surface area contributed by atoms with Gasteiger partial charge in [0.05, 0.1) is 4.92 Å².